The zero-order chi connectivity index (χ0) is 21.2. The summed E-state index contributed by atoms with van der Waals surface area (Å²) in [4.78, 5) is 0.126. The molecule has 0 bridgehead atoms. The van der Waals surface area contributed by atoms with Gasteiger partial charge in [0, 0.05) is 22.7 Å². The van der Waals surface area contributed by atoms with Crippen LogP contribution >= 0.6 is 11.6 Å². The summed E-state index contributed by atoms with van der Waals surface area (Å²) in [6, 6.07) is 14.5. The van der Waals surface area contributed by atoms with Crippen molar-refractivity contribution in [2.24, 2.45) is 0 Å². The Morgan fingerprint density at radius 1 is 1.00 bits per heavy atom. The van der Waals surface area contributed by atoms with Crippen LogP contribution in [0.15, 0.2) is 85.0 Å². The largest absolute Gasteiger partial charge is 0.619 e. The van der Waals surface area contributed by atoms with Crippen LogP contribution in [-0.2, 0) is 10.0 Å². The molecular formula is C22H19ClN2O3S. The van der Waals surface area contributed by atoms with Crippen molar-refractivity contribution in [3.8, 4) is 0 Å². The molecule has 0 aliphatic heterocycles. The Hall–Kier alpha value is -3.09. The first-order valence-corrected chi connectivity index (χ1v) is 10.5. The van der Waals surface area contributed by atoms with Gasteiger partial charge < -0.3 is 5.21 Å². The van der Waals surface area contributed by atoms with Gasteiger partial charge in [0.25, 0.3) is 10.0 Å². The van der Waals surface area contributed by atoms with Crippen molar-refractivity contribution in [1.82, 2.24) is 0 Å². The van der Waals surface area contributed by atoms with Gasteiger partial charge in [0.15, 0.2) is 12.4 Å². The third-order valence-corrected chi connectivity index (χ3v) is 5.98. The molecule has 1 aromatic heterocycles. The first-order chi connectivity index (χ1) is 13.7. The molecule has 0 radical (unpaired) electrons. The lowest BCUT2D eigenvalue weighted by atomic mass is 9.99. The number of nitrogens with zero attached hydrogens (tertiary/aromatic N) is 1. The van der Waals surface area contributed by atoms with Crippen LogP contribution in [0, 0.1) is 5.21 Å². The number of anilines is 1. The van der Waals surface area contributed by atoms with Crippen molar-refractivity contribution in [2.45, 2.75) is 11.8 Å². The van der Waals surface area contributed by atoms with Crippen molar-refractivity contribution in [3.63, 3.8) is 0 Å². The summed E-state index contributed by atoms with van der Waals surface area (Å²) in [6.45, 7) is 9.75. The molecule has 0 saturated heterocycles. The predicted molar refractivity (Wildman–Crippen MR) is 117 cm³/mol. The van der Waals surface area contributed by atoms with Crippen LogP contribution < -0.4 is 9.45 Å². The molecule has 1 heterocycles. The molecule has 0 fully saturated rings. The van der Waals surface area contributed by atoms with Crippen molar-refractivity contribution >= 4 is 38.5 Å². The maximum absolute atomic E-state index is 12.9. The topological polar surface area (TPSA) is 73.1 Å². The lowest BCUT2D eigenvalue weighted by Crippen LogP contribution is -2.23. The van der Waals surface area contributed by atoms with Crippen molar-refractivity contribution in [1.29, 1.82) is 0 Å². The summed E-state index contributed by atoms with van der Waals surface area (Å²) in [6.07, 6.45) is 2.69. The second-order valence-corrected chi connectivity index (χ2v) is 8.64. The first-order valence-electron chi connectivity index (χ1n) is 8.64. The Morgan fingerprint density at radius 3 is 2.21 bits per heavy atom. The molecule has 2 aromatic carbocycles. The fourth-order valence-corrected chi connectivity index (χ4v) is 4.00. The minimum absolute atomic E-state index is 0.126. The third-order valence-electron chi connectivity index (χ3n) is 4.36. The average Bonchev–Trinajstić information content (AvgIpc) is 2.69. The molecule has 0 saturated carbocycles. The first kappa shape index (κ1) is 20.6. The van der Waals surface area contributed by atoms with E-state index in [2.05, 4.69) is 17.9 Å². The van der Waals surface area contributed by atoms with E-state index in [1.807, 2.05) is 6.92 Å². The lowest BCUT2D eigenvalue weighted by molar-refractivity contribution is -0.605. The highest BCUT2D eigenvalue weighted by Crippen LogP contribution is 2.32. The van der Waals surface area contributed by atoms with E-state index >= 15 is 0 Å². The van der Waals surface area contributed by atoms with E-state index in [-0.39, 0.29) is 4.90 Å². The maximum atomic E-state index is 12.9. The van der Waals surface area contributed by atoms with Gasteiger partial charge in [-0.3, -0.25) is 4.72 Å². The number of benzene rings is 2. The predicted octanol–water partition coefficient (Wildman–Crippen LogP) is 4.87. The fourth-order valence-electron chi connectivity index (χ4n) is 2.75. The van der Waals surface area contributed by atoms with Crippen LogP contribution in [0.3, 0.4) is 0 Å². The number of halogens is 1. The van der Waals surface area contributed by atoms with Crippen molar-refractivity contribution < 1.29 is 13.1 Å². The minimum atomic E-state index is -3.83. The number of sulfonamides is 1. The molecule has 29 heavy (non-hydrogen) atoms. The molecule has 3 rings (SSSR count). The molecule has 3 aromatic rings. The summed E-state index contributed by atoms with van der Waals surface area (Å²) >= 11 is 6.13. The Morgan fingerprint density at radius 2 is 1.62 bits per heavy atom. The number of hydrogen-bond donors (Lipinski definition) is 1. The number of hydrogen-bond acceptors (Lipinski definition) is 3. The van der Waals surface area contributed by atoms with Crippen LogP contribution in [0.1, 0.15) is 23.6 Å². The molecule has 0 amide bonds. The molecule has 5 nitrogen and oxygen atoms in total. The van der Waals surface area contributed by atoms with Crippen LogP contribution in [0.25, 0.3) is 11.1 Å². The standard InChI is InChI=1S/C22H19ClN2O3S/c1-15(2)17-4-7-20(8-5-17)29(27,28)24-22-9-6-19(23)14-21(22)16(3)18-10-12-25(26)13-11-18/h4-14,24H,1,3H2,2H3. The molecule has 0 atom stereocenters. The normalized spacial score (nSPS) is 11.1. The van der Waals surface area contributed by atoms with E-state index in [0.717, 1.165) is 11.1 Å². The van der Waals surface area contributed by atoms with Crippen LogP contribution in [0.2, 0.25) is 5.02 Å². The van der Waals surface area contributed by atoms with E-state index in [0.29, 0.717) is 32.1 Å². The Bertz CT molecular complexity index is 1190. The summed E-state index contributed by atoms with van der Waals surface area (Å²) in [5.74, 6) is 0. The van der Waals surface area contributed by atoms with Gasteiger partial charge in [-0.1, -0.05) is 42.5 Å². The summed E-state index contributed by atoms with van der Waals surface area (Å²) < 4.78 is 29.0. The van der Waals surface area contributed by atoms with Gasteiger partial charge in [0.1, 0.15) is 0 Å². The maximum Gasteiger partial charge on any atom is 0.261 e. The summed E-state index contributed by atoms with van der Waals surface area (Å²) in [7, 11) is -3.83. The van der Waals surface area contributed by atoms with Crippen molar-refractivity contribution in [2.75, 3.05) is 4.72 Å². The molecule has 0 aliphatic rings. The van der Waals surface area contributed by atoms with Gasteiger partial charge >= 0.3 is 0 Å². The highest BCUT2D eigenvalue weighted by Gasteiger charge is 2.18. The van der Waals surface area contributed by atoms with Gasteiger partial charge in [0.2, 0.25) is 0 Å². The van der Waals surface area contributed by atoms with Gasteiger partial charge in [-0.05, 0) is 54.0 Å². The van der Waals surface area contributed by atoms with Gasteiger partial charge in [0.05, 0.1) is 10.6 Å². The quantitative estimate of drug-likeness (QED) is 0.451. The second kappa shape index (κ2) is 8.11. The number of aromatic nitrogens is 1. The molecule has 1 N–H and O–H groups in total. The molecule has 0 unspecified atom stereocenters. The number of pyridine rings is 1. The summed E-state index contributed by atoms with van der Waals surface area (Å²) in [5, 5.41) is 11.7. The molecule has 0 spiro atoms. The van der Waals surface area contributed by atoms with E-state index in [1.165, 1.54) is 24.5 Å². The van der Waals surface area contributed by atoms with E-state index in [1.54, 1.807) is 42.5 Å². The highest BCUT2D eigenvalue weighted by atomic mass is 35.5. The third kappa shape index (κ3) is 4.67. The van der Waals surface area contributed by atoms with Crippen LogP contribution in [0.5, 0.6) is 0 Å². The molecule has 0 aliphatic carbocycles. The monoisotopic (exact) mass is 426 g/mol. The summed E-state index contributed by atoms with van der Waals surface area (Å²) in [5.41, 5.74) is 3.77. The zero-order valence-electron chi connectivity index (χ0n) is 15.7. The lowest BCUT2D eigenvalue weighted by Gasteiger charge is -2.15. The van der Waals surface area contributed by atoms with Crippen LogP contribution in [0.4, 0.5) is 5.69 Å². The van der Waals surface area contributed by atoms with E-state index in [4.69, 9.17) is 11.6 Å². The highest BCUT2D eigenvalue weighted by molar-refractivity contribution is 7.92. The van der Waals surface area contributed by atoms with Crippen molar-refractivity contribution in [3.05, 3.63) is 107 Å². The number of rotatable bonds is 6. The second-order valence-electron chi connectivity index (χ2n) is 6.53. The van der Waals surface area contributed by atoms with Gasteiger partial charge in [-0.15, -0.1) is 0 Å². The molecule has 148 valence electrons. The minimum Gasteiger partial charge on any atom is -0.619 e. The molecular weight excluding hydrogens is 408 g/mol. The smallest absolute Gasteiger partial charge is 0.261 e. The Kier molecular flexibility index (Phi) is 5.77. The van der Waals surface area contributed by atoms with Gasteiger partial charge in [-0.2, -0.15) is 4.73 Å². The average molecular weight is 427 g/mol. The van der Waals surface area contributed by atoms with E-state index in [9.17, 15) is 13.6 Å². The van der Waals surface area contributed by atoms with E-state index < -0.39 is 10.0 Å². The number of allylic oxidation sites excluding steroid dienone is 1. The Labute approximate surface area is 175 Å². The number of nitrogens with one attached hydrogen (secondary N) is 1. The van der Waals surface area contributed by atoms with Gasteiger partial charge in [-0.25, -0.2) is 8.42 Å². The Balaban J connectivity index is 1.97. The molecule has 7 heteroatoms. The zero-order valence-corrected chi connectivity index (χ0v) is 17.3. The fraction of sp³-hybridized carbons (Fsp3) is 0.0455. The SMILES string of the molecule is C=C(C)c1ccc(S(=O)(=O)Nc2ccc(Cl)cc2C(=C)c2cc[n+]([O-])cc2)cc1. The van der Waals surface area contributed by atoms with Crippen LogP contribution in [-0.4, -0.2) is 8.42 Å².